The first-order valence-electron chi connectivity index (χ1n) is 10.8. The molecule has 1 saturated carbocycles. The van der Waals surface area contributed by atoms with Crippen LogP contribution in [0.5, 0.6) is 0 Å². The summed E-state index contributed by atoms with van der Waals surface area (Å²) in [6, 6.07) is 1.77. The van der Waals surface area contributed by atoms with E-state index in [1.54, 1.807) is 12.3 Å². The zero-order valence-corrected chi connectivity index (χ0v) is 17.3. The summed E-state index contributed by atoms with van der Waals surface area (Å²) in [6.45, 7) is -1.61. The van der Waals surface area contributed by atoms with E-state index in [9.17, 15) is 18.0 Å². The summed E-state index contributed by atoms with van der Waals surface area (Å²) in [7, 11) is 0. The van der Waals surface area contributed by atoms with Crippen LogP contribution in [0.1, 0.15) is 37.9 Å². The molecule has 3 aliphatic rings. The molecular formula is C21H24F3N7O. The summed E-state index contributed by atoms with van der Waals surface area (Å²) in [5.41, 5.74) is 1.87. The quantitative estimate of drug-likeness (QED) is 0.545. The van der Waals surface area contributed by atoms with Crippen LogP contribution in [0, 0.1) is 11.3 Å². The highest BCUT2D eigenvalue weighted by Crippen LogP contribution is 2.38. The molecule has 2 bridgehead atoms. The molecule has 0 spiro atoms. The predicted molar refractivity (Wildman–Crippen MR) is 111 cm³/mol. The fourth-order valence-corrected chi connectivity index (χ4v) is 5.03. The van der Waals surface area contributed by atoms with Gasteiger partial charge in [0.15, 0.2) is 5.84 Å². The number of hydrogen-bond donors (Lipinski definition) is 2. The predicted octanol–water partition coefficient (Wildman–Crippen LogP) is 3.05. The number of aromatic nitrogens is 3. The van der Waals surface area contributed by atoms with E-state index in [4.69, 9.17) is 5.41 Å². The Balaban J connectivity index is 1.35. The fourth-order valence-electron chi connectivity index (χ4n) is 5.03. The number of H-pyrrole nitrogens is 1. The maximum atomic E-state index is 13.8. The third kappa shape index (κ3) is 3.49. The highest BCUT2D eigenvalue weighted by molar-refractivity contribution is 6.02. The lowest BCUT2D eigenvalue weighted by atomic mass is 9.81. The molecule has 4 heterocycles. The van der Waals surface area contributed by atoms with Crippen LogP contribution in [0.25, 0.3) is 11.1 Å². The Kier molecular flexibility index (Phi) is 5.26. The van der Waals surface area contributed by atoms with Gasteiger partial charge in [0, 0.05) is 48.7 Å². The molecule has 2 aromatic rings. The second-order valence-corrected chi connectivity index (χ2v) is 8.61. The number of piperazine rings is 1. The lowest BCUT2D eigenvalue weighted by molar-refractivity contribution is -0.147. The van der Waals surface area contributed by atoms with Gasteiger partial charge in [0.25, 0.3) is 0 Å². The molecule has 3 fully saturated rings. The van der Waals surface area contributed by atoms with Crippen molar-refractivity contribution in [1.29, 1.82) is 5.41 Å². The van der Waals surface area contributed by atoms with E-state index in [0.29, 0.717) is 53.3 Å². The number of carbonyl (C=O) groups is 1. The molecular weight excluding hydrogens is 423 g/mol. The first kappa shape index (κ1) is 20.8. The maximum Gasteiger partial charge on any atom is 0.333 e. The topological polar surface area (TPSA) is 93.4 Å². The molecule has 2 saturated heterocycles. The van der Waals surface area contributed by atoms with Crippen molar-refractivity contribution in [1.82, 2.24) is 24.6 Å². The van der Waals surface area contributed by atoms with Crippen molar-refractivity contribution in [2.45, 2.75) is 50.5 Å². The third-order valence-electron chi connectivity index (χ3n) is 6.79. The molecule has 2 N–H and O–H groups in total. The molecule has 0 aromatic carbocycles. The van der Waals surface area contributed by atoms with Gasteiger partial charge in [-0.05, 0) is 31.7 Å². The number of hydrogen-bond acceptors (Lipinski definition) is 3. The number of alkyl halides is 3. The zero-order chi connectivity index (χ0) is 22.4. The van der Waals surface area contributed by atoms with E-state index in [2.05, 4.69) is 15.1 Å². The molecule has 2 aliphatic heterocycles. The van der Waals surface area contributed by atoms with Crippen molar-refractivity contribution in [2.75, 3.05) is 13.1 Å². The van der Waals surface area contributed by atoms with Crippen LogP contribution in [0.2, 0.25) is 0 Å². The number of aliphatic imine (C=N–C) groups is 1. The van der Waals surface area contributed by atoms with E-state index in [0.717, 1.165) is 19.2 Å². The number of aromatic amines is 1. The monoisotopic (exact) mass is 447 g/mol. The van der Waals surface area contributed by atoms with Crippen LogP contribution in [0.3, 0.4) is 0 Å². The van der Waals surface area contributed by atoms with E-state index in [-0.39, 0.29) is 18.0 Å². The summed E-state index contributed by atoms with van der Waals surface area (Å²) < 4.78 is 40.1. The van der Waals surface area contributed by atoms with E-state index in [1.807, 2.05) is 9.80 Å². The molecule has 5 rings (SSSR count). The molecule has 4 unspecified atom stereocenters. The van der Waals surface area contributed by atoms with Gasteiger partial charge in [-0.1, -0.05) is 0 Å². The first-order valence-corrected chi connectivity index (χ1v) is 10.8. The third-order valence-corrected chi connectivity index (χ3v) is 6.79. The van der Waals surface area contributed by atoms with E-state index < -0.39 is 18.6 Å². The van der Waals surface area contributed by atoms with Gasteiger partial charge in [-0.2, -0.15) is 13.9 Å². The van der Waals surface area contributed by atoms with Crippen LogP contribution in [-0.2, 0) is 4.79 Å². The number of carbonyl (C=O) groups excluding carboxylic acids is 1. The Labute approximate surface area is 182 Å². The molecule has 170 valence electrons. The van der Waals surface area contributed by atoms with Crippen LogP contribution < -0.4 is 0 Å². The van der Waals surface area contributed by atoms with Gasteiger partial charge in [0.05, 0.1) is 17.8 Å². The molecule has 8 nitrogen and oxygen atoms in total. The lowest BCUT2D eigenvalue weighted by Crippen LogP contribution is -2.60. The molecule has 4 atom stereocenters. The second-order valence-electron chi connectivity index (χ2n) is 8.61. The van der Waals surface area contributed by atoms with E-state index in [1.165, 1.54) is 12.4 Å². The van der Waals surface area contributed by atoms with Gasteiger partial charge in [-0.15, -0.1) is 0 Å². The minimum atomic E-state index is -2.71. The molecule has 0 radical (unpaired) electrons. The Hall–Kier alpha value is -3.11. The Morgan fingerprint density at radius 2 is 1.97 bits per heavy atom. The van der Waals surface area contributed by atoms with Crippen molar-refractivity contribution in [3.63, 3.8) is 0 Å². The SMILES string of the molecule is N=C/N=C(\c1cc(-c2cnn(C(F)F)c2)c[nH]1)N1CC2CCC(C1)N2C(=O)C1CCC1F. The molecule has 1 amide bonds. The Morgan fingerprint density at radius 3 is 2.53 bits per heavy atom. The fraction of sp³-hybridized carbons (Fsp3) is 0.524. The molecule has 11 heteroatoms. The molecule has 32 heavy (non-hydrogen) atoms. The van der Waals surface area contributed by atoms with Crippen LogP contribution in [-0.4, -0.2) is 74.0 Å². The molecule has 2 aromatic heterocycles. The van der Waals surface area contributed by atoms with Gasteiger partial charge in [0.1, 0.15) is 12.5 Å². The van der Waals surface area contributed by atoms with Crippen LogP contribution >= 0.6 is 0 Å². The highest BCUT2D eigenvalue weighted by atomic mass is 19.3. The van der Waals surface area contributed by atoms with Gasteiger partial charge in [0.2, 0.25) is 5.91 Å². The first-order chi connectivity index (χ1) is 15.5. The van der Waals surface area contributed by atoms with Crippen molar-refractivity contribution >= 4 is 18.1 Å². The number of fused-ring (bicyclic) bond motifs is 2. The van der Waals surface area contributed by atoms with Gasteiger partial charge in [-0.25, -0.2) is 14.1 Å². The van der Waals surface area contributed by atoms with Gasteiger partial charge in [-0.3, -0.25) is 10.2 Å². The van der Waals surface area contributed by atoms with Gasteiger partial charge >= 0.3 is 6.55 Å². The van der Waals surface area contributed by atoms with Gasteiger partial charge < -0.3 is 14.8 Å². The largest absolute Gasteiger partial charge is 0.358 e. The van der Waals surface area contributed by atoms with E-state index >= 15 is 0 Å². The van der Waals surface area contributed by atoms with Crippen LogP contribution in [0.4, 0.5) is 13.2 Å². The smallest absolute Gasteiger partial charge is 0.333 e. The number of nitrogens with one attached hydrogen (secondary N) is 2. The van der Waals surface area contributed by atoms with Crippen molar-refractivity contribution in [3.05, 3.63) is 30.4 Å². The number of rotatable bonds is 5. The number of nitrogens with zero attached hydrogens (tertiary/aromatic N) is 5. The van der Waals surface area contributed by atoms with Crippen molar-refractivity contribution in [2.24, 2.45) is 10.9 Å². The standard InChI is InChI=1S/C21H24F3N7O/c22-17-4-3-16(17)20(32)31-14-1-2-15(31)10-29(9-14)19(27-11-25)18-5-12(6-26-18)13-7-28-30(8-13)21(23)24/h5-8,11,14-17,21,25-26H,1-4,9-10H2/b25-11?,27-19+. The minimum absolute atomic E-state index is 0.0105. The number of halogens is 3. The number of amidine groups is 1. The number of likely N-dealkylation sites (tertiary alicyclic amines) is 1. The van der Waals surface area contributed by atoms with Crippen molar-refractivity contribution < 1.29 is 18.0 Å². The lowest BCUT2D eigenvalue weighted by Gasteiger charge is -2.45. The second kappa shape index (κ2) is 8.10. The summed E-state index contributed by atoms with van der Waals surface area (Å²) in [5, 5.41) is 11.2. The Bertz CT molecular complexity index is 1030. The Morgan fingerprint density at radius 1 is 1.22 bits per heavy atom. The number of amides is 1. The minimum Gasteiger partial charge on any atom is -0.358 e. The summed E-state index contributed by atoms with van der Waals surface area (Å²) >= 11 is 0. The summed E-state index contributed by atoms with van der Waals surface area (Å²) in [5.74, 6) is -0.0114. The summed E-state index contributed by atoms with van der Waals surface area (Å²) in [4.78, 5) is 24.2. The highest BCUT2D eigenvalue weighted by Gasteiger charge is 2.48. The normalized spacial score (nSPS) is 27.7. The average Bonchev–Trinajstić information content (AvgIpc) is 3.48. The van der Waals surface area contributed by atoms with Crippen molar-refractivity contribution in [3.8, 4) is 11.1 Å². The molecule has 1 aliphatic carbocycles. The maximum absolute atomic E-state index is 13.8. The summed E-state index contributed by atoms with van der Waals surface area (Å²) in [6.07, 6.45) is 7.07. The average molecular weight is 447 g/mol. The van der Waals surface area contributed by atoms with Crippen LogP contribution in [0.15, 0.2) is 29.6 Å². The zero-order valence-electron chi connectivity index (χ0n) is 17.3.